The van der Waals surface area contributed by atoms with Gasteiger partial charge in [0.1, 0.15) is 8.07 Å². The van der Waals surface area contributed by atoms with Crippen LogP contribution in [0.4, 0.5) is 0 Å². The van der Waals surface area contributed by atoms with Gasteiger partial charge >= 0.3 is 13.1 Å². The Morgan fingerprint density at radius 2 is 1.65 bits per heavy atom. The number of rotatable bonds is 2. The van der Waals surface area contributed by atoms with Crippen molar-refractivity contribution in [1.29, 1.82) is 0 Å². The highest BCUT2D eigenvalue weighted by molar-refractivity contribution is 6.83. The minimum absolute atomic E-state index is 0.390. The number of ether oxygens (including phenoxy) is 1. The molecule has 0 amide bonds. The molecule has 0 saturated carbocycles. The molecule has 1 heterocycles. The summed E-state index contributed by atoms with van der Waals surface area (Å²) in [7, 11) is -0.716. The van der Waals surface area contributed by atoms with Crippen LogP contribution in [0.25, 0.3) is 0 Å². The molecule has 0 radical (unpaired) electrons. The summed E-state index contributed by atoms with van der Waals surface area (Å²) in [5, 5.41) is 0. The van der Waals surface area contributed by atoms with Gasteiger partial charge in [0.15, 0.2) is 0 Å². The Balaban J connectivity index is 2.58. The molecule has 0 spiro atoms. The highest BCUT2D eigenvalue weighted by atomic mass is 28.3. The van der Waals surface area contributed by atoms with E-state index in [0.717, 1.165) is 16.6 Å². The first-order chi connectivity index (χ1) is 11.8. The third kappa shape index (κ3) is 4.22. The maximum atomic E-state index is 12.2. The summed E-state index contributed by atoms with van der Waals surface area (Å²) < 4.78 is 17.3. The molecule has 0 aliphatic carbocycles. The van der Waals surface area contributed by atoms with Crippen molar-refractivity contribution < 1.29 is 18.8 Å². The Labute approximate surface area is 158 Å². The van der Waals surface area contributed by atoms with Crippen molar-refractivity contribution in [3.63, 3.8) is 0 Å². The zero-order valence-corrected chi connectivity index (χ0v) is 18.4. The van der Waals surface area contributed by atoms with E-state index in [-0.39, 0.29) is 5.97 Å². The molecule has 6 heteroatoms. The van der Waals surface area contributed by atoms with E-state index in [1.807, 2.05) is 34.6 Å². The van der Waals surface area contributed by atoms with Gasteiger partial charge in [-0.1, -0.05) is 25.6 Å². The minimum Gasteiger partial charge on any atom is -0.465 e. The van der Waals surface area contributed by atoms with Crippen LogP contribution in [0.1, 0.15) is 49.2 Å². The van der Waals surface area contributed by atoms with Crippen LogP contribution >= 0.6 is 0 Å². The molecule has 0 unspecified atom stereocenters. The topological polar surface area (TPSA) is 44.8 Å². The summed E-state index contributed by atoms with van der Waals surface area (Å²) in [6.45, 7) is 16.6. The van der Waals surface area contributed by atoms with Crippen LogP contribution < -0.4 is 5.46 Å². The Bertz CT molecular complexity index is 765. The first kappa shape index (κ1) is 20.8. The first-order valence-electron chi connectivity index (χ1n) is 8.89. The number of hydrogen-bond acceptors (Lipinski definition) is 4. The number of esters is 1. The van der Waals surface area contributed by atoms with E-state index < -0.39 is 26.4 Å². The Hall–Kier alpha value is -1.55. The third-order valence-corrected chi connectivity index (χ3v) is 5.82. The number of carbonyl (C=O) groups excluding carboxylic acids is 1. The van der Waals surface area contributed by atoms with Gasteiger partial charge in [-0.2, -0.15) is 0 Å². The summed E-state index contributed by atoms with van der Waals surface area (Å²) in [6.07, 6.45) is 0. The van der Waals surface area contributed by atoms with Crippen LogP contribution in [0.2, 0.25) is 19.6 Å². The molecule has 0 N–H and O–H groups in total. The maximum Gasteiger partial charge on any atom is 0.495 e. The average Bonchev–Trinajstić information content (AvgIpc) is 2.72. The number of benzene rings is 1. The number of methoxy groups -OCH3 is 1. The monoisotopic (exact) mass is 372 g/mol. The smallest absolute Gasteiger partial charge is 0.465 e. The van der Waals surface area contributed by atoms with Crippen LogP contribution in [0.5, 0.6) is 0 Å². The molecule has 0 atom stereocenters. The lowest BCUT2D eigenvalue weighted by molar-refractivity contribution is 0.00578. The van der Waals surface area contributed by atoms with Gasteiger partial charge in [-0.05, 0) is 57.8 Å². The van der Waals surface area contributed by atoms with Crippen LogP contribution in [0.15, 0.2) is 12.1 Å². The molecule has 4 nitrogen and oxygen atoms in total. The van der Waals surface area contributed by atoms with Crippen LogP contribution in [-0.2, 0) is 14.0 Å². The van der Waals surface area contributed by atoms with E-state index in [1.54, 1.807) is 12.1 Å². The van der Waals surface area contributed by atoms with Gasteiger partial charge in [-0.3, -0.25) is 0 Å². The van der Waals surface area contributed by atoms with E-state index in [4.69, 9.17) is 14.0 Å². The zero-order valence-electron chi connectivity index (χ0n) is 17.4. The lowest BCUT2D eigenvalue weighted by Gasteiger charge is -2.32. The molecule has 26 heavy (non-hydrogen) atoms. The Morgan fingerprint density at radius 3 is 2.12 bits per heavy atom. The molecule has 1 aromatic carbocycles. The normalized spacial score (nSPS) is 18.3. The molecule has 1 aromatic rings. The molecule has 0 aromatic heterocycles. The Kier molecular flexibility index (Phi) is 5.49. The first-order valence-corrected chi connectivity index (χ1v) is 12.4. The van der Waals surface area contributed by atoms with E-state index in [2.05, 4.69) is 31.1 Å². The zero-order chi connectivity index (χ0) is 19.9. The molecular formula is C20H29BO4Si. The molecule has 1 aliphatic heterocycles. The Morgan fingerprint density at radius 1 is 1.12 bits per heavy atom. The summed E-state index contributed by atoms with van der Waals surface area (Å²) in [5.74, 6) is 2.88. The SMILES string of the molecule is COC(=O)c1cc(C#C[Si](C)(C)C)c(C)c(B2OC(C)(C)C(C)(C)O2)c1. The number of hydrogen-bond donors (Lipinski definition) is 0. The van der Waals surface area contributed by atoms with Crippen LogP contribution in [-0.4, -0.2) is 39.5 Å². The molecule has 1 fully saturated rings. The van der Waals surface area contributed by atoms with Crippen molar-refractivity contribution in [1.82, 2.24) is 0 Å². The lowest BCUT2D eigenvalue weighted by Crippen LogP contribution is -2.41. The molecule has 1 aliphatic rings. The second-order valence-electron chi connectivity index (χ2n) is 8.82. The van der Waals surface area contributed by atoms with Crippen molar-refractivity contribution in [2.45, 2.75) is 65.5 Å². The van der Waals surface area contributed by atoms with Gasteiger partial charge < -0.3 is 14.0 Å². The quantitative estimate of drug-likeness (QED) is 0.454. The molecule has 2 rings (SSSR count). The van der Waals surface area contributed by atoms with Crippen molar-refractivity contribution in [2.24, 2.45) is 0 Å². The fourth-order valence-electron chi connectivity index (χ4n) is 2.57. The largest absolute Gasteiger partial charge is 0.495 e. The van der Waals surface area contributed by atoms with Crippen molar-refractivity contribution in [3.05, 3.63) is 28.8 Å². The fourth-order valence-corrected chi connectivity index (χ4v) is 3.08. The van der Waals surface area contributed by atoms with Crippen molar-refractivity contribution in [2.75, 3.05) is 7.11 Å². The van der Waals surface area contributed by atoms with Gasteiger partial charge in [-0.25, -0.2) is 4.79 Å². The average molecular weight is 372 g/mol. The van der Waals surface area contributed by atoms with Gasteiger partial charge in [0, 0.05) is 5.56 Å². The highest BCUT2D eigenvalue weighted by Gasteiger charge is 2.52. The van der Waals surface area contributed by atoms with E-state index in [9.17, 15) is 4.79 Å². The maximum absolute atomic E-state index is 12.2. The highest BCUT2D eigenvalue weighted by Crippen LogP contribution is 2.36. The molecular weight excluding hydrogens is 343 g/mol. The second-order valence-corrected chi connectivity index (χ2v) is 13.6. The van der Waals surface area contributed by atoms with Gasteiger partial charge in [0.2, 0.25) is 0 Å². The summed E-state index contributed by atoms with van der Waals surface area (Å²) >= 11 is 0. The van der Waals surface area contributed by atoms with Gasteiger partial charge in [0.05, 0.1) is 23.9 Å². The van der Waals surface area contributed by atoms with E-state index in [1.165, 1.54) is 7.11 Å². The van der Waals surface area contributed by atoms with Gasteiger partial charge in [-0.15, -0.1) is 5.54 Å². The third-order valence-electron chi connectivity index (χ3n) is 4.95. The molecule has 140 valence electrons. The lowest BCUT2D eigenvalue weighted by atomic mass is 9.74. The summed E-state index contributed by atoms with van der Waals surface area (Å²) in [5.41, 5.74) is 5.55. The van der Waals surface area contributed by atoms with Crippen LogP contribution in [0, 0.1) is 18.4 Å². The minimum atomic E-state index is -1.55. The predicted molar refractivity (Wildman–Crippen MR) is 108 cm³/mol. The fraction of sp³-hybridized carbons (Fsp3) is 0.550. The molecule has 0 bridgehead atoms. The predicted octanol–water partition coefficient (Wildman–Crippen LogP) is 3.31. The van der Waals surface area contributed by atoms with Crippen molar-refractivity contribution in [3.8, 4) is 11.5 Å². The van der Waals surface area contributed by atoms with Gasteiger partial charge in [0.25, 0.3) is 0 Å². The van der Waals surface area contributed by atoms with E-state index in [0.29, 0.717) is 5.56 Å². The van der Waals surface area contributed by atoms with Crippen molar-refractivity contribution >= 4 is 26.6 Å². The summed E-state index contributed by atoms with van der Waals surface area (Å²) in [6, 6.07) is 3.59. The van der Waals surface area contributed by atoms with Crippen LogP contribution in [0.3, 0.4) is 0 Å². The number of carbonyl (C=O) groups is 1. The summed E-state index contributed by atoms with van der Waals surface area (Å²) in [4.78, 5) is 12.2. The van der Waals surface area contributed by atoms with E-state index >= 15 is 0 Å². The molecule has 1 saturated heterocycles. The standard InChI is InChI=1S/C20H29BO4Si/c1-14-15(10-11-26(7,8)9)12-16(18(22)23-6)13-17(14)21-24-19(2,3)20(4,5)25-21/h12-13H,1-9H3. The second kappa shape index (κ2) is 6.88.